The highest BCUT2D eigenvalue weighted by atomic mass is 16.6. The monoisotopic (exact) mass is 463 g/mol. The van der Waals surface area contributed by atoms with Gasteiger partial charge in [0.2, 0.25) is 11.8 Å². The van der Waals surface area contributed by atoms with Crippen LogP contribution in [0.15, 0.2) is 24.3 Å². The lowest BCUT2D eigenvalue weighted by molar-refractivity contribution is -0.145. The van der Waals surface area contributed by atoms with Crippen LogP contribution in [0.5, 0.6) is 0 Å². The molecule has 3 amide bonds. The Morgan fingerprint density at radius 3 is 2.33 bits per heavy atom. The lowest BCUT2D eigenvalue weighted by Gasteiger charge is -2.37. The average molecular weight is 464 g/mol. The van der Waals surface area contributed by atoms with E-state index >= 15 is 0 Å². The zero-order chi connectivity index (χ0) is 25.2. The first-order valence-corrected chi connectivity index (χ1v) is 11.7. The first-order chi connectivity index (χ1) is 15.4. The molecule has 2 unspecified atom stereocenters. The molecule has 33 heavy (non-hydrogen) atoms. The van der Waals surface area contributed by atoms with Crippen molar-refractivity contribution in [3.8, 4) is 0 Å². The van der Waals surface area contributed by atoms with Gasteiger partial charge in [-0.05, 0) is 53.5 Å². The minimum atomic E-state index is -1.25. The van der Waals surface area contributed by atoms with E-state index in [1.807, 2.05) is 25.1 Å². The number of carbonyl (C=O) groups is 3. The quantitative estimate of drug-likeness (QED) is 0.436. The molecular formula is C25H41N3O5. The number of aliphatic hydroxyl groups is 1. The minimum Gasteiger partial charge on any atom is -0.444 e. The molecule has 1 aromatic carbocycles. The SMILES string of the molecule is CCCCCNC(=O)C(c1cccc(C)c1)N(C(=O)C(CO)NC(=O)OC(C)(C)C)C(C)C. The maximum atomic E-state index is 13.5. The first-order valence-electron chi connectivity index (χ1n) is 11.7. The highest BCUT2D eigenvalue weighted by molar-refractivity contribution is 5.92. The highest BCUT2D eigenvalue weighted by Crippen LogP contribution is 2.26. The number of rotatable bonds is 11. The van der Waals surface area contributed by atoms with Crippen LogP contribution in [0.3, 0.4) is 0 Å². The fourth-order valence-corrected chi connectivity index (χ4v) is 3.46. The molecule has 186 valence electrons. The molecule has 8 nitrogen and oxygen atoms in total. The third-order valence-electron chi connectivity index (χ3n) is 4.95. The van der Waals surface area contributed by atoms with Gasteiger partial charge in [-0.15, -0.1) is 0 Å². The predicted octanol–water partition coefficient (Wildman–Crippen LogP) is 3.47. The van der Waals surface area contributed by atoms with E-state index in [0.29, 0.717) is 12.1 Å². The number of benzene rings is 1. The summed E-state index contributed by atoms with van der Waals surface area (Å²) in [6.07, 6.45) is 2.06. The van der Waals surface area contributed by atoms with Crippen molar-refractivity contribution in [2.75, 3.05) is 13.2 Å². The van der Waals surface area contributed by atoms with Crippen LogP contribution in [-0.2, 0) is 14.3 Å². The first kappa shape index (κ1) is 28.4. The second kappa shape index (κ2) is 13.2. The maximum Gasteiger partial charge on any atom is 0.408 e. The number of hydrogen-bond donors (Lipinski definition) is 3. The summed E-state index contributed by atoms with van der Waals surface area (Å²) < 4.78 is 5.23. The molecule has 3 N–H and O–H groups in total. The highest BCUT2D eigenvalue weighted by Gasteiger charge is 2.37. The van der Waals surface area contributed by atoms with Crippen molar-refractivity contribution in [1.82, 2.24) is 15.5 Å². The van der Waals surface area contributed by atoms with Gasteiger partial charge in [0.15, 0.2) is 0 Å². The van der Waals surface area contributed by atoms with E-state index in [4.69, 9.17) is 4.74 Å². The number of aryl methyl sites for hydroxylation is 1. The molecule has 0 saturated carbocycles. The number of ether oxygens (including phenoxy) is 1. The lowest BCUT2D eigenvalue weighted by Crippen LogP contribution is -2.56. The summed E-state index contributed by atoms with van der Waals surface area (Å²) in [7, 11) is 0. The minimum absolute atomic E-state index is 0.298. The van der Waals surface area contributed by atoms with Crippen molar-refractivity contribution in [3.63, 3.8) is 0 Å². The number of carbonyl (C=O) groups excluding carboxylic acids is 3. The van der Waals surface area contributed by atoms with E-state index in [1.54, 1.807) is 40.7 Å². The van der Waals surface area contributed by atoms with Gasteiger partial charge in [-0.2, -0.15) is 0 Å². The van der Waals surface area contributed by atoms with Crippen molar-refractivity contribution in [2.24, 2.45) is 0 Å². The van der Waals surface area contributed by atoms with Crippen molar-refractivity contribution < 1.29 is 24.2 Å². The standard InChI is InChI=1S/C25H41N3O5/c1-8-9-10-14-26-22(30)21(19-13-11-12-18(4)15-19)28(17(2)3)23(31)20(16-29)27-24(32)33-25(5,6)7/h11-13,15,17,20-21,29H,8-10,14,16H2,1-7H3,(H,26,30)(H,27,32). The Morgan fingerprint density at radius 1 is 1.15 bits per heavy atom. The van der Waals surface area contributed by atoms with Crippen LogP contribution in [0.25, 0.3) is 0 Å². The molecule has 0 spiro atoms. The Balaban J connectivity index is 3.26. The molecule has 0 fully saturated rings. The van der Waals surface area contributed by atoms with Crippen LogP contribution in [0.2, 0.25) is 0 Å². The van der Waals surface area contributed by atoms with Crippen LogP contribution in [-0.4, -0.2) is 58.8 Å². The number of aliphatic hydroxyl groups excluding tert-OH is 1. The van der Waals surface area contributed by atoms with Gasteiger partial charge >= 0.3 is 6.09 Å². The van der Waals surface area contributed by atoms with E-state index in [2.05, 4.69) is 17.6 Å². The lowest BCUT2D eigenvalue weighted by atomic mass is 9.99. The Morgan fingerprint density at radius 2 is 1.82 bits per heavy atom. The summed E-state index contributed by atoms with van der Waals surface area (Å²) in [6, 6.07) is 4.90. The Kier molecular flexibility index (Phi) is 11.4. The molecule has 0 aliphatic rings. The number of nitrogens with one attached hydrogen (secondary N) is 2. The molecule has 0 bridgehead atoms. The fourth-order valence-electron chi connectivity index (χ4n) is 3.46. The van der Waals surface area contributed by atoms with Crippen molar-refractivity contribution in [3.05, 3.63) is 35.4 Å². The molecule has 0 aliphatic heterocycles. The number of nitrogens with zero attached hydrogens (tertiary/aromatic N) is 1. The molecule has 0 aromatic heterocycles. The van der Waals surface area contributed by atoms with Crippen molar-refractivity contribution >= 4 is 17.9 Å². The van der Waals surface area contributed by atoms with Gasteiger partial charge in [-0.25, -0.2) is 4.79 Å². The molecular weight excluding hydrogens is 422 g/mol. The summed E-state index contributed by atoms with van der Waals surface area (Å²) in [5, 5.41) is 15.3. The van der Waals surface area contributed by atoms with Crippen LogP contribution in [0.4, 0.5) is 4.79 Å². The van der Waals surface area contributed by atoms with Crippen LogP contribution < -0.4 is 10.6 Å². The summed E-state index contributed by atoms with van der Waals surface area (Å²) in [5.74, 6) is -0.860. The van der Waals surface area contributed by atoms with Gasteiger partial charge in [-0.3, -0.25) is 9.59 Å². The average Bonchev–Trinajstić information content (AvgIpc) is 2.71. The molecule has 0 aliphatic carbocycles. The summed E-state index contributed by atoms with van der Waals surface area (Å²) in [4.78, 5) is 40.5. The van der Waals surface area contributed by atoms with Crippen molar-refractivity contribution in [2.45, 2.75) is 91.5 Å². The summed E-state index contributed by atoms with van der Waals surface area (Å²) in [5.41, 5.74) is 0.866. The molecule has 1 rings (SSSR count). The predicted molar refractivity (Wildman–Crippen MR) is 129 cm³/mol. The smallest absolute Gasteiger partial charge is 0.408 e. The number of alkyl carbamates (subject to hydrolysis) is 1. The van der Waals surface area contributed by atoms with E-state index in [9.17, 15) is 19.5 Å². The van der Waals surface area contributed by atoms with Crippen LogP contribution in [0, 0.1) is 6.92 Å². The topological polar surface area (TPSA) is 108 Å². The summed E-state index contributed by atoms with van der Waals surface area (Å²) >= 11 is 0. The maximum absolute atomic E-state index is 13.5. The molecule has 1 aromatic rings. The van der Waals surface area contributed by atoms with E-state index in [1.165, 1.54) is 4.90 Å². The normalized spacial score (nSPS) is 13.2. The molecule has 8 heteroatoms. The summed E-state index contributed by atoms with van der Waals surface area (Å²) in [6.45, 7) is 12.6. The van der Waals surface area contributed by atoms with Gasteiger partial charge < -0.3 is 25.4 Å². The number of unbranched alkanes of at least 4 members (excludes halogenated alkanes) is 2. The van der Waals surface area contributed by atoms with Gasteiger partial charge in [0.05, 0.1) is 6.61 Å². The molecule has 0 saturated heterocycles. The van der Waals surface area contributed by atoms with Gasteiger partial charge in [0.25, 0.3) is 0 Å². The Bertz CT molecular complexity index is 788. The second-order valence-electron chi connectivity index (χ2n) is 9.54. The van der Waals surface area contributed by atoms with Crippen LogP contribution >= 0.6 is 0 Å². The van der Waals surface area contributed by atoms with Gasteiger partial charge in [0, 0.05) is 12.6 Å². The Hall–Kier alpha value is -2.61. The molecule has 2 atom stereocenters. The third-order valence-corrected chi connectivity index (χ3v) is 4.95. The molecule has 0 radical (unpaired) electrons. The third kappa shape index (κ3) is 9.42. The second-order valence-corrected chi connectivity index (χ2v) is 9.54. The zero-order valence-electron chi connectivity index (χ0n) is 21.1. The number of amides is 3. The van der Waals surface area contributed by atoms with Crippen LogP contribution in [0.1, 0.15) is 78.0 Å². The Labute approximate surface area is 198 Å². The van der Waals surface area contributed by atoms with Crippen molar-refractivity contribution in [1.29, 1.82) is 0 Å². The largest absolute Gasteiger partial charge is 0.444 e. The zero-order valence-corrected chi connectivity index (χ0v) is 21.1. The fraction of sp³-hybridized carbons (Fsp3) is 0.640. The van der Waals surface area contributed by atoms with Gasteiger partial charge in [-0.1, -0.05) is 49.6 Å². The van der Waals surface area contributed by atoms with Gasteiger partial charge in [0.1, 0.15) is 17.7 Å². The van der Waals surface area contributed by atoms with E-state index < -0.39 is 36.3 Å². The number of hydrogen-bond acceptors (Lipinski definition) is 5. The molecule has 0 heterocycles. The van der Waals surface area contributed by atoms with E-state index in [0.717, 1.165) is 24.8 Å². The van der Waals surface area contributed by atoms with E-state index in [-0.39, 0.29) is 11.9 Å².